The second-order valence-corrected chi connectivity index (χ2v) is 27.2. The van der Waals surface area contributed by atoms with Gasteiger partial charge in [-0.05, 0) is 176 Å². The molecule has 5 heteroatoms. The van der Waals surface area contributed by atoms with Crippen molar-refractivity contribution >= 4 is 0 Å². The summed E-state index contributed by atoms with van der Waals surface area (Å²) in [6.07, 6.45) is 47.2. The summed E-state index contributed by atoms with van der Waals surface area (Å²) in [6, 6.07) is 65.9. The Morgan fingerprint density at radius 1 is 0.160 bits per heavy atom. The molecule has 10 aromatic rings. The lowest BCUT2D eigenvalue weighted by molar-refractivity contribution is 0.607. The Hall–Kier alpha value is -8.15. The fraction of sp³-hybridized carbons (Fsp3) is 0.421. The minimum absolute atomic E-state index is 1.05. The summed E-state index contributed by atoms with van der Waals surface area (Å²) >= 11 is 0. The van der Waals surface area contributed by atoms with Gasteiger partial charge in [-0.25, -0.2) is 0 Å². The first-order valence-corrected chi connectivity index (χ1v) is 39.4. The zero-order valence-corrected chi connectivity index (χ0v) is 63.7. The smallest absolute Gasteiger partial charge is 0.0702 e. The van der Waals surface area contributed by atoms with E-state index in [0.717, 1.165) is 67.0 Å². The van der Waals surface area contributed by atoms with Gasteiger partial charge in [0.15, 0.2) is 0 Å². The van der Waals surface area contributed by atoms with E-state index in [1.807, 2.05) is 31.0 Å². The third-order valence-corrected chi connectivity index (χ3v) is 18.5. The molecule has 530 valence electrons. The van der Waals surface area contributed by atoms with Gasteiger partial charge >= 0.3 is 0 Å². The van der Waals surface area contributed by atoms with Crippen LogP contribution in [0.4, 0.5) is 0 Å². The molecule has 0 saturated heterocycles. The highest BCUT2D eigenvalue weighted by Crippen LogP contribution is 2.25. The Balaban J connectivity index is 0.000000197. The molecule has 0 spiro atoms. The van der Waals surface area contributed by atoms with Gasteiger partial charge in [0, 0.05) is 58.8 Å². The molecule has 5 heterocycles. The second kappa shape index (κ2) is 49.4. The van der Waals surface area contributed by atoms with Crippen LogP contribution in [0.15, 0.2) is 213 Å². The van der Waals surface area contributed by atoms with Gasteiger partial charge in [-0.1, -0.05) is 324 Å². The Morgan fingerprint density at radius 2 is 0.350 bits per heavy atom. The normalized spacial score (nSPS) is 10.7. The molecule has 5 nitrogen and oxygen atoms in total. The summed E-state index contributed by atoms with van der Waals surface area (Å²) in [4.78, 5) is 22.8. The van der Waals surface area contributed by atoms with Gasteiger partial charge < -0.3 is 0 Å². The van der Waals surface area contributed by atoms with Crippen molar-refractivity contribution in [3.63, 3.8) is 0 Å². The molecule has 100 heavy (non-hydrogen) atoms. The number of hydrogen-bond donors (Lipinski definition) is 0. The zero-order valence-electron chi connectivity index (χ0n) is 63.7. The van der Waals surface area contributed by atoms with Crippen molar-refractivity contribution in [1.29, 1.82) is 0 Å². The van der Waals surface area contributed by atoms with E-state index in [0.29, 0.717) is 0 Å². The first-order chi connectivity index (χ1) is 49.2. The van der Waals surface area contributed by atoms with Crippen LogP contribution in [0.3, 0.4) is 0 Å². The number of benzene rings is 5. The van der Waals surface area contributed by atoms with Gasteiger partial charge in [-0.2, -0.15) is 0 Å². The van der Waals surface area contributed by atoms with Gasteiger partial charge in [0.2, 0.25) is 0 Å². The molecule has 5 aromatic carbocycles. The molecular weight excluding hydrogens is 1210 g/mol. The van der Waals surface area contributed by atoms with Crippen LogP contribution in [0.5, 0.6) is 0 Å². The molecule has 0 bridgehead atoms. The molecule has 5 aromatic heterocycles. The quantitative estimate of drug-likeness (QED) is 0.0370. The number of unbranched alkanes of at least 4 members (excludes halogenated alkanes) is 11. The van der Waals surface area contributed by atoms with Crippen molar-refractivity contribution < 1.29 is 0 Å². The van der Waals surface area contributed by atoms with Crippen LogP contribution < -0.4 is 0 Å². The molecule has 0 aliphatic carbocycles. The van der Waals surface area contributed by atoms with Crippen molar-refractivity contribution in [3.05, 3.63) is 269 Å². The number of pyridine rings is 5. The van der Waals surface area contributed by atoms with Gasteiger partial charge in [0.05, 0.1) is 28.5 Å². The highest BCUT2D eigenvalue weighted by molar-refractivity contribution is 5.63. The van der Waals surface area contributed by atoms with Crippen molar-refractivity contribution in [2.24, 2.45) is 0 Å². The summed E-state index contributed by atoms with van der Waals surface area (Å²) in [5, 5.41) is 0. The average Bonchev–Trinajstić information content (AvgIpc) is 0.903. The van der Waals surface area contributed by atoms with Crippen molar-refractivity contribution in [1.82, 2.24) is 24.9 Å². The lowest BCUT2D eigenvalue weighted by atomic mass is 10.0. The van der Waals surface area contributed by atoms with Gasteiger partial charge in [0.1, 0.15) is 0 Å². The van der Waals surface area contributed by atoms with E-state index < -0.39 is 0 Å². The van der Waals surface area contributed by atoms with Crippen LogP contribution in [0.2, 0.25) is 0 Å². The standard InChI is InChI=1S/C21H29N.C20H27N.C19H25N.C18H23N.C17H21N/c1-3-5-6-7-8-9-10-19-11-14-20(15-12-19)21-16-13-18(4-2)17-22-21;1-3-5-6-7-9-17-10-13-19(14-11-17)20-15-12-18(8-4-2)16-21-20;1-3-5-6-8-16-9-12-18(13-10-16)19-14-11-17(7-4-2)15-20-19;1-3-5-7-15-8-11-17(12-9-15)18-13-10-16(6-4-2)14-19-18;1-3-5-14-7-10-16(11-8-14)17-12-9-15(6-4-2)13-18-17/h11-17H,3-10H2,1-2H3;10-16H,3-9H2,1-2H3;9-15H,3-8H2,1-2H3;8-14H,3-7H2,1-2H3;7-13H,3-6H2,1-2H3. The first-order valence-electron chi connectivity index (χ1n) is 39.4. The Labute approximate surface area is 608 Å². The van der Waals surface area contributed by atoms with E-state index in [4.69, 9.17) is 0 Å². The molecule has 0 radical (unpaired) electrons. The Bertz CT molecular complexity index is 3580. The van der Waals surface area contributed by atoms with Crippen LogP contribution in [0, 0.1) is 0 Å². The maximum absolute atomic E-state index is 4.58. The summed E-state index contributed by atoms with van der Waals surface area (Å²) in [5.74, 6) is 0. The lowest BCUT2D eigenvalue weighted by Crippen LogP contribution is -1.89. The SMILES string of the molecule is CCCCCCCCc1ccc(-c2ccc(CC)cn2)cc1.CCCCCCc1ccc(-c2ccc(CCC)cn2)cc1.CCCCCc1ccc(-c2ccc(CCC)cn2)cc1.CCCCc1ccc(-c2ccc(CCC)cn2)cc1.CCCc1ccc(-c2ccc(CCC)cn2)cc1. The average molecular weight is 1340 g/mol. The maximum Gasteiger partial charge on any atom is 0.0702 e. The number of rotatable bonds is 35. The minimum Gasteiger partial charge on any atom is -0.256 e. The molecule has 0 N–H and O–H groups in total. The molecule has 0 atom stereocenters. The largest absolute Gasteiger partial charge is 0.256 e. The van der Waals surface area contributed by atoms with E-state index in [9.17, 15) is 0 Å². The molecule has 0 aliphatic heterocycles. The molecule has 0 aliphatic rings. The molecule has 0 saturated carbocycles. The van der Waals surface area contributed by atoms with Crippen molar-refractivity contribution in [2.75, 3.05) is 0 Å². The van der Waals surface area contributed by atoms with E-state index >= 15 is 0 Å². The predicted octanol–water partition coefficient (Wildman–Crippen LogP) is 27.2. The fourth-order valence-electron chi connectivity index (χ4n) is 12.3. The van der Waals surface area contributed by atoms with Crippen LogP contribution in [-0.2, 0) is 64.2 Å². The third-order valence-electron chi connectivity index (χ3n) is 18.5. The zero-order chi connectivity index (χ0) is 71.0. The van der Waals surface area contributed by atoms with Crippen molar-refractivity contribution in [2.45, 2.75) is 262 Å². The molecular formula is C95H125N5. The Morgan fingerprint density at radius 3 is 0.590 bits per heavy atom. The van der Waals surface area contributed by atoms with Gasteiger partial charge in [-0.15, -0.1) is 0 Å². The van der Waals surface area contributed by atoms with E-state index in [1.165, 1.54) is 238 Å². The summed E-state index contributed by atoms with van der Waals surface area (Å²) in [6.45, 7) is 22.2. The highest BCUT2D eigenvalue weighted by Gasteiger charge is 2.07. The molecule has 0 unspecified atom stereocenters. The van der Waals surface area contributed by atoms with E-state index in [-0.39, 0.29) is 0 Å². The van der Waals surface area contributed by atoms with Crippen LogP contribution in [0.25, 0.3) is 56.3 Å². The second-order valence-electron chi connectivity index (χ2n) is 27.2. The highest BCUT2D eigenvalue weighted by atomic mass is 14.7. The predicted molar refractivity (Wildman–Crippen MR) is 434 cm³/mol. The topological polar surface area (TPSA) is 64.5 Å². The van der Waals surface area contributed by atoms with Gasteiger partial charge in [-0.3, -0.25) is 24.9 Å². The molecule has 0 fully saturated rings. The first kappa shape index (κ1) is 80.8. The lowest BCUT2D eigenvalue weighted by Gasteiger charge is -2.05. The monoisotopic (exact) mass is 1340 g/mol. The fourth-order valence-corrected chi connectivity index (χ4v) is 12.3. The summed E-state index contributed by atoms with van der Waals surface area (Å²) in [5.41, 5.74) is 25.2. The third kappa shape index (κ3) is 30.8. The summed E-state index contributed by atoms with van der Waals surface area (Å²) in [7, 11) is 0. The van der Waals surface area contributed by atoms with Crippen LogP contribution in [-0.4, -0.2) is 24.9 Å². The Kier molecular flexibility index (Phi) is 39.9. The molecule has 10 rings (SSSR count). The van der Waals surface area contributed by atoms with E-state index in [1.54, 1.807) is 0 Å². The minimum atomic E-state index is 1.05. The number of hydrogen-bond acceptors (Lipinski definition) is 5. The van der Waals surface area contributed by atoms with Crippen LogP contribution >= 0.6 is 0 Å². The maximum atomic E-state index is 4.58. The number of aryl methyl sites for hydroxylation is 10. The van der Waals surface area contributed by atoms with Crippen molar-refractivity contribution in [3.8, 4) is 56.3 Å². The number of aromatic nitrogens is 5. The molecule has 0 amide bonds. The number of nitrogens with zero attached hydrogens (tertiary/aromatic N) is 5. The summed E-state index contributed by atoms with van der Waals surface area (Å²) < 4.78 is 0. The van der Waals surface area contributed by atoms with Gasteiger partial charge in [0.25, 0.3) is 0 Å². The van der Waals surface area contributed by atoms with E-state index in [2.05, 4.69) is 276 Å². The van der Waals surface area contributed by atoms with Crippen LogP contribution in [0.1, 0.15) is 253 Å².